The quantitative estimate of drug-likeness (QED) is 0.358. The number of amides is 2. The average molecular weight is 397 g/mol. The average Bonchev–Trinajstić information content (AvgIpc) is 2.71. The first-order chi connectivity index (χ1) is 13.8. The molecule has 2 aromatic carbocycles. The molecule has 3 N–H and O–H groups in total. The number of nitrogens with one attached hydrogen (secondary N) is 2. The summed E-state index contributed by atoms with van der Waals surface area (Å²) in [5, 5.41) is 14.8. The summed E-state index contributed by atoms with van der Waals surface area (Å²) in [4.78, 5) is 34.1. The second-order valence-corrected chi connectivity index (χ2v) is 6.53. The van der Waals surface area contributed by atoms with Crippen molar-refractivity contribution in [3.8, 4) is 5.75 Å². The van der Waals surface area contributed by atoms with E-state index >= 15 is 0 Å². The van der Waals surface area contributed by atoms with Crippen molar-refractivity contribution in [3.05, 3.63) is 65.2 Å². The van der Waals surface area contributed by atoms with E-state index in [1.807, 2.05) is 24.3 Å². The third-order valence-corrected chi connectivity index (χ3v) is 3.93. The molecular weight excluding hydrogens is 374 g/mol. The number of carboxylic acids is 1. The van der Waals surface area contributed by atoms with E-state index < -0.39 is 24.4 Å². The second kappa shape index (κ2) is 10.6. The lowest BCUT2D eigenvalue weighted by Gasteiger charge is -2.07. The molecule has 0 atom stereocenters. The van der Waals surface area contributed by atoms with Gasteiger partial charge in [-0.3, -0.25) is 9.59 Å². The molecule has 0 aliphatic rings. The zero-order valence-electron chi connectivity index (χ0n) is 16.2. The first-order valence-corrected chi connectivity index (χ1v) is 9.00. The van der Waals surface area contributed by atoms with Gasteiger partial charge in [0.25, 0.3) is 0 Å². The third-order valence-electron chi connectivity index (χ3n) is 3.93. The molecule has 0 bridgehead atoms. The van der Waals surface area contributed by atoms with Gasteiger partial charge in [0.05, 0.1) is 6.21 Å². The number of nitrogens with zero attached hydrogens (tertiary/aromatic N) is 1. The van der Waals surface area contributed by atoms with E-state index in [1.165, 1.54) is 11.8 Å². The maximum absolute atomic E-state index is 11.8. The van der Waals surface area contributed by atoms with Gasteiger partial charge in [-0.1, -0.05) is 38.1 Å². The van der Waals surface area contributed by atoms with Crippen molar-refractivity contribution in [3.63, 3.8) is 0 Å². The van der Waals surface area contributed by atoms with Gasteiger partial charge in [-0.05, 0) is 46.9 Å². The van der Waals surface area contributed by atoms with Crippen LogP contribution in [-0.2, 0) is 20.9 Å². The number of benzene rings is 2. The minimum atomic E-state index is -1.07. The summed E-state index contributed by atoms with van der Waals surface area (Å²) in [7, 11) is 0. The molecule has 0 saturated carbocycles. The van der Waals surface area contributed by atoms with E-state index in [-0.39, 0.29) is 6.54 Å². The lowest BCUT2D eigenvalue weighted by molar-refractivity contribution is -0.139. The van der Waals surface area contributed by atoms with Crippen LogP contribution in [0, 0.1) is 0 Å². The first-order valence-electron chi connectivity index (χ1n) is 9.00. The molecule has 0 aliphatic heterocycles. The fourth-order valence-electron chi connectivity index (χ4n) is 2.29. The Labute approximate surface area is 168 Å². The number of carbonyl (C=O) groups is 3. The molecule has 2 rings (SSSR count). The lowest BCUT2D eigenvalue weighted by Crippen LogP contribution is -2.37. The van der Waals surface area contributed by atoms with Crippen LogP contribution in [0.2, 0.25) is 0 Å². The predicted molar refractivity (Wildman–Crippen MR) is 108 cm³/mol. The molecule has 8 heteroatoms. The predicted octanol–water partition coefficient (Wildman–Crippen LogP) is 2.04. The topological polar surface area (TPSA) is 117 Å². The van der Waals surface area contributed by atoms with Gasteiger partial charge in [0, 0.05) is 6.54 Å². The monoisotopic (exact) mass is 397 g/mol. The first kappa shape index (κ1) is 21.6. The van der Waals surface area contributed by atoms with Crippen molar-refractivity contribution in [2.75, 3.05) is 6.61 Å². The Balaban J connectivity index is 1.77. The van der Waals surface area contributed by atoms with Crippen molar-refractivity contribution >= 4 is 24.0 Å². The molecule has 152 valence electrons. The van der Waals surface area contributed by atoms with Crippen LogP contribution in [0.4, 0.5) is 0 Å². The highest BCUT2D eigenvalue weighted by molar-refractivity contribution is 6.35. The van der Waals surface area contributed by atoms with E-state index in [2.05, 4.69) is 29.7 Å². The summed E-state index contributed by atoms with van der Waals surface area (Å²) in [6.07, 6.45) is 1.36. The number of ether oxygens (including phenoxy) is 1. The van der Waals surface area contributed by atoms with Gasteiger partial charge in [0.1, 0.15) is 5.75 Å². The highest BCUT2D eigenvalue weighted by Crippen LogP contribution is 2.14. The highest BCUT2D eigenvalue weighted by atomic mass is 16.5. The van der Waals surface area contributed by atoms with Crippen LogP contribution in [0.3, 0.4) is 0 Å². The number of hydrogen-bond donors (Lipinski definition) is 3. The van der Waals surface area contributed by atoms with Gasteiger partial charge < -0.3 is 15.2 Å². The van der Waals surface area contributed by atoms with E-state index in [1.54, 1.807) is 24.3 Å². The zero-order chi connectivity index (χ0) is 21.2. The number of carbonyl (C=O) groups excluding carboxylic acids is 2. The van der Waals surface area contributed by atoms with Crippen LogP contribution in [0.1, 0.15) is 36.5 Å². The van der Waals surface area contributed by atoms with E-state index in [9.17, 15) is 14.4 Å². The van der Waals surface area contributed by atoms with Crippen molar-refractivity contribution in [2.45, 2.75) is 26.3 Å². The van der Waals surface area contributed by atoms with Crippen LogP contribution in [-0.4, -0.2) is 35.7 Å². The summed E-state index contributed by atoms with van der Waals surface area (Å²) >= 11 is 0. The van der Waals surface area contributed by atoms with Crippen LogP contribution in [0.25, 0.3) is 0 Å². The van der Waals surface area contributed by atoms with E-state index in [0.29, 0.717) is 17.2 Å². The molecule has 29 heavy (non-hydrogen) atoms. The minimum absolute atomic E-state index is 0.242. The molecule has 2 amide bonds. The lowest BCUT2D eigenvalue weighted by atomic mass is 10.0. The maximum Gasteiger partial charge on any atom is 0.341 e. The standard InChI is InChI=1S/C21H23N3O5/c1-14(2)17-7-3-15(4-8-17)11-22-20(27)21(28)24-23-12-16-5-9-18(10-6-16)29-13-19(25)26/h3-10,12,14H,11,13H2,1-2H3,(H,22,27)(H,24,28)(H,25,26)/b23-12-. The summed E-state index contributed by atoms with van der Waals surface area (Å²) in [5.41, 5.74) is 4.89. The smallest absolute Gasteiger partial charge is 0.341 e. The molecule has 0 saturated heterocycles. The van der Waals surface area contributed by atoms with Gasteiger partial charge in [0.2, 0.25) is 0 Å². The Bertz CT molecular complexity index is 874. The summed E-state index contributed by atoms with van der Waals surface area (Å²) in [6, 6.07) is 14.2. The van der Waals surface area contributed by atoms with Crippen molar-refractivity contribution in [1.82, 2.24) is 10.7 Å². The fraction of sp³-hybridized carbons (Fsp3) is 0.238. The Morgan fingerprint density at radius 3 is 2.28 bits per heavy atom. The number of carboxylic acid groups (broad SMARTS) is 1. The van der Waals surface area contributed by atoms with Gasteiger partial charge in [-0.2, -0.15) is 5.10 Å². The van der Waals surface area contributed by atoms with Crippen molar-refractivity contribution < 1.29 is 24.2 Å². The van der Waals surface area contributed by atoms with Gasteiger partial charge in [0.15, 0.2) is 6.61 Å². The van der Waals surface area contributed by atoms with Gasteiger partial charge >= 0.3 is 17.8 Å². The number of hydrazone groups is 1. The number of rotatable bonds is 8. The van der Waals surface area contributed by atoms with Crippen molar-refractivity contribution in [2.24, 2.45) is 5.10 Å². The minimum Gasteiger partial charge on any atom is -0.482 e. The fourth-order valence-corrected chi connectivity index (χ4v) is 2.29. The molecule has 0 aliphatic carbocycles. The number of hydrogen-bond acceptors (Lipinski definition) is 5. The molecule has 8 nitrogen and oxygen atoms in total. The van der Waals surface area contributed by atoms with E-state index in [0.717, 1.165) is 5.56 Å². The van der Waals surface area contributed by atoms with Crippen molar-refractivity contribution in [1.29, 1.82) is 0 Å². The summed E-state index contributed by atoms with van der Waals surface area (Å²) in [6.45, 7) is 4.01. The highest BCUT2D eigenvalue weighted by Gasteiger charge is 2.12. The normalized spacial score (nSPS) is 10.7. The largest absolute Gasteiger partial charge is 0.482 e. The SMILES string of the molecule is CC(C)c1ccc(CNC(=O)C(=O)N/N=C\c2ccc(OCC(=O)O)cc2)cc1. The molecule has 0 unspecified atom stereocenters. The molecule has 0 fully saturated rings. The molecule has 2 aromatic rings. The van der Waals surface area contributed by atoms with Gasteiger partial charge in [-0.25, -0.2) is 10.2 Å². The van der Waals surface area contributed by atoms with Gasteiger partial charge in [-0.15, -0.1) is 0 Å². The van der Waals surface area contributed by atoms with E-state index in [4.69, 9.17) is 9.84 Å². The number of aliphatic carboxylic acids is 1. The summed E-state index contributed by atoms with van der Waals surface area (Å²) < 4.78 is 5.01. The Kier molecular flexibility index (Phi) is 7.90. The maximum atomic E-state index is 11.8. The Morgan fingerprint density at radius 2 is 1.69 bits per heavy atom. The third kappa shape index (κ3) is 7.45. The Hall–Kier alpha value is -3.68. The molecule has 0 aromatic heterocycles. The van der Waals surface area contributed by atoms with Crippen LogP contribution in [0.5, 0.6) is 5.75 Å². The van der Waals surface area contributed by atoms with Crippen LogP contribution < -0.4 is 15.5 Å². The molecule has 0 spiro atoms. The summed E-state index contributed by atoms with van der Waals surface area (Å²) in [5.74, 6) is -1.90. The Morgan fingerprint density at radius 1 is 1.03 bits per heavy atom. The molecule has 0 radical (unpaired) electrons. The molecular formula is C21H23N3O5. The second-order valence-electron chi connectivity index (χ2n) is 6.53. The van der Waals surface area contributed by atoms with Crippen LogP contribution in [0.15, 0.2) is 53.6 Å². The zero-order valence-corrected chi connectivity index (χ0v) is 16.2. The van der Waals surface area contributed by atoms with Crippen LogP contribution >= 0.6 is 0 Å². The molecule has 0 heterocycles.